The summed E-state index contributed by atoms with van der Waals surface area (Å²) in [7, 11) is 0. The molecule has 0 atom stereocenters. The van der Waals surface area contributed by atoms with Crippen molar-refractivity contribution >= 4 is 16.6 Å². The fourth-order valence-electron chi connectivity index (χ4n) is 1.96. The summed E-state index contributed by atoms with van der Waals surface area (Å²) >= 11 is 0. The minimum atomic E-state index is 0.216. The highest BCUT2D eigenvalue weighted by atomic mass is 16.3. The fraction of sp³-hybridized carbons (Fsp3) is 0. The number of hydrogen-bond donors (Lipinski definition) is 3. The third-order valence-electron chi connectivity index (χ3n) is 2.74. The molecule has 3 rings (SSSR count). The summed E-state index contributed by atoms with van der Waals surface area (Å²) in [6.45, 7) is 0. The first-order valence-corrected chi connectivity index (χ1v) is 5.27. The number of nitrogens with two attached hydrogens (primary N) is 1. The van der Waals surface area contributed by atoms with Gasteiger partial charge >= 0.3 is 0 Å². The molecule has 0 aliphatic carbocycles. The molecule has 84 valence electrons. The van der Waals surface area contributed by atoms with Crippen molar-refractivity contribution in [3.05, 3.63) is 42.5 Å². The number of nitrogen functional groups attached to an aromatic ring is 1. The molecule has 0 radical (unpaired) electrons. The monoisotopic (exact) mass is 225 g/mol. The van der Waals surface area contributed by atoms with Crippen molar-refractivity contribution in [1.29, 1.82) is 0 Å². The summed E-state index contributed by atoms with van der Waals surface area (Å²) in [5.74, 6) is 0.216. The van der Waals surface area contributed by atoms with E-state index in [-0.39, 0.29) is 5.75 Å². The number of phenolic OH excluding ortho intramolecular Hbond substituents is 1. The number of hydrogen-bond acceptors (Lipinski definition) is 3. The lowest BCUT2D eigenvalue weighted by Crippen LogP contribution is -1.86. The molecule has 1 aromatic heterocycles. The normalized spacial score (nSPS) is 10.8. The van der Waals surface area contributed by atoms with Gasteiger partial charge in [-0.25, -0.2) is 0 Å². The summed E-state index contributed by atoms with van der Waals surface area (Å²) in [6.07, 6.45) is 0. The molecule has 4 heteroatoms. The summed E-state index contributed by atoms with van der Waals surface area (Å²) in [6, 6.07) is 12.6. The highest BCUT2D eigenvalue weighted by molar-refractivity contribution is 6.01. The van der Waals surface area contributed by atoms with Crippen molar-refractivity contribution in [2.24, 2.45) is 0 Å². The van der Waals surface area contributed by atoms with Crippen molar-refractivity contribution < 1.29 is 5.11 Å². The highest BCUT2D eigenvalue weighted by Gasteiger charge is 2.10. The molecular weight excluding hydrogens is 214 g/mol. The van der Waals surface area contributed by atoms with E-state index in [1.165, 1.54) is 0 Å². The molecule has 0 aliphatic heterocycles. The lowest BCUT2D eigenvalue weighted by molar-refractivity contribution is 0.475. The van der Waals surface area contributed by atoms with Gasteiger partial charge in [0.15, 0.2) is 0 Å². The molecule has 0 amide bonds. The maximum absolute atomic E-state index is 9.48. The Labute approximate surface area is 97.7 Å². The number of benzene rings is 2. The zero-order chi connectivity index (χ0) is 11.8. The van der Waals surface area contributed by atoms with Crippen molar-refractivity contribution in [2.75, 3.05) is 5.73 Å². The van der Waals surface area contributed by atoms with Crippen LogP contribution in [0.25, 0.3) is 22.2 Å². The van der Waals surface area contributed by atoms with Crippen LogP contribution in [0.2, 0.25) is 0 Å². The quantitative estimate of drug-likeness (QED) is 0.557. The van der Waals surface area contributed by atoms with Crippen LogP contribution >= 0.6 is 0 Å². The summed E-state index contributed by atoms with van der Waals surface area (Å²) in [4.78, 5) is 0. The number of nitrogens with zero attached hydrogens (tertiary/aromatic N) is 1. The molecule has 4 nitrogen and oxygen atoms in total. The Morgan fingerprint density at radius 1 is 1.12 bits per heavy atom. The van der Waals surface area contributed by atoms with Gasteiger partial charge in [0.25, 0.3) is 0 Å². The van der Waals surface area contributed by atoms with E-state index in [0.717, 1.165) is 22.2 Å². The lowest BCUT2D eigenvalue weighted by Gasteiger charge is -2.01. The predicted molar refractivity (Wildman–Crippen MR) is 67.6 cm³/mol. The largest absolute Gasteiger partial charge is 0.508 e. The Morgan fingerprint density at radius 2 is 1.94 bits per heavy atom. The second-order valence-corrected chi connectivity index (χ2v) is 3.89. The standard InChI is InChI=1S/C13H11N3O/c14-10-5-2-6-11-12(10)13(16-15-11)8-3-1-4-9(17)7-8/h1-7,17H,14H2,(H,15,16). The molecule has 0 unspecified atom stereocenters. The van der Waals surface area contributed by atoms with Gasteiger partial charge in [0, 0.05) is 11.3 Å². The van der Waals surface area contributed by atoms with Gasteiger partial charge in [-0.2, -0.15) is 5.10 Å². The van der Waals surface area contributed by atoms with E-state index in [2.05, 4.69) is 10.2 Å². The molecule has 0 saturated heterocycles. The van der Waals surface area contributed by atoms with Crippen molar-refractivity contribution in [3.63, 3.8) is 0 Å². The number of aromatic amines is 1. The van der Waals surface area contributed by atoms with Gasteiger partial charge in [0.05, 0.1) is 10.9 Å². The van der Waals surface area contributed by atoms with Gasteiger partial charge in [-0.1, -0.05) is 18.2 Å². The minimum absolute atomic E-state index is 0.216. The molecule has 0 bridgehead atoms. The third kappa shape index (κ3) is 1.50. The van der Waals surface area contributed by atoms with Crippen molar-refractivity contribution in [1.82, 2.24) is 10.2 Å². The number of aromatic hydroxyl groups is 1. The van der Waals surface area contributed by atoms with E-state index in [1.54, 1.807) is 18.2 Å². The highest BCUT2D eigenvalue weighted by Crippen LogP contribution is 2.31. The van der Waals surface area contributed by atoms with Crippen LogP contribution in [-0.4, -0.2) is 15.3 Å². The van der Waals surface area contributed by atoms with Crippen LogP contribution < -0.4 is 5.73 Å². The molecule has 17 heavy (non-hydrogen) atoms. The smallest absolute Gasteiger partial charge is 0.116 e. The molecule has 4 N–H and O–H groups in total. The summed E-state index contributed by atoms with van der Waals surface area (Å²) < 4.78 is 0. The molecular formula is C13H11N3O. The number of aromatic nitrogens is 2. The van der Waals surface area contributed by atoms with Crippen molar-refractivity contribution in [2.45, 2.75) is 0 Å². The average Bonchev–Trinajstić information content (AvgIpc) is 2.74. The van der Waals surface area contributed by atoms with Gasteiger partial charge in [0.1, 0.15) is 11.4 Å². The molecule has 0 aliphatic rings. The SMILES string of the molecule is Nc1cccc2[nH]nc(-c3cccc(O)c3)c12. The van der Waals surface area contributed by atoms with Gasteiger partial charge in [-0.3, -0.25) is 5.10 Å². The average molecular weight is 225 g/mol. The molecule has 3 aromatic rings. The second kappa shape index (κ2) is 3.52. The van der Waals surface area contributed by atoms with E-state index in [4.69, 9.17) is 5.73 Å². The number of anilines is 1. The van der Waals surface area contributed by atoms with E-state index in [1.807, 2.05) is 24.3 Å². The maximum atomic E-state index is 9.48. The second-order valence-electron chi connectivity index (χ2n) is 3.89. The third-order valence-corrected chi connectivity index (χ3v) is 2.74. The van der Waals surface area contributed by atoms with E-state index in [9.17, 15) is 5.11 Å². The predicted octanol–water partition coefficient (Wildman–Crippen LogP) is 2.52. The minimum Gasteiger partial charge on any atom is -0.508 e. The summed E-state index contributed by atoms with van der Waals surface area (Å²) in [5.41, 5.74) is 9.12. The molecule has 0 saturated carbocycles. The van der Waals surface area contributed by atoms with Gasteiger partial charge in [0.2, 0.25) is 0 Å². The van der Waals surface area contributed by atoms with Gasteiger partial charge in [-0.15, -0.1) is 0 Å². The van der Waals surface area contributed by atoms with E-state index >= 15 is 0 Å². The first kappa shape index (κ1) is 9.72. The van der Waals surface area contributed by atoms with Crippen LogP contribution in [0.3, 0.4) is 0 Å². The lowest BCUT2D eigenvalue weighted by atomic mass is 10.1. The number of H-pyrrole nitrogens is 1. The van der Waals surface area contributed by atoms with Crippen LogP contribution in [0.1, 0.15) is 0 Å². The number of fused-ring (bicyclic) bond motifs is 1. The molecule has 0 spiro atoms. The van der Waals surface area contributed by atoms with Gasteiger partial charge < -0.3 is 10.8 Å². The Kier molecular flexibility index (Phi) is 2.01. The molecule has 2 aromatic carbocycles. The molecule has 1 heterocycles. The van der Waals surface area contributed by atoms with Crippen LogP contribution in [0.4, 0.5) is 5.69 Å². The van der Waals surface area contributed by atoms with Crippen LogP contribution in [0.5, 0.6) is 5.75 Å². The molecule has 0 fully saturated rings. The Hall–Kier alpha value is -2.49. The Balaban J connectivity index is 2.31. The topological polar surface area (TPSA) is 74.9 Å². The number of nitrogens with one attached hydrogen (secondary N) is 1. The zero-order valence-electron chi connectivity index (χ0n) is 9.01. The van der Waals surface area contributed by atoms with Crippen molar-refractivity contribution in [3.8, 4) is 17.0 Å². The van der Waals surface area contributed by atoms with Crippen LogP contribution in [-0.2, 0) is 0 Å². The number of phenols is 1. The van der Waals surface area contributed by atoms with Crippen LogP contribution in [0.15, 0.2) is 42.5 Å². The van der Waals surface area contributed by atoms with E-state index < -0.39 is 0 Å². The zero-order valence-corrected chi connectivity index (χ0v) is 9.01. The Morgan fingerprint density at radius 3 is 2.76 bits per heavy atom. The Bertz CT molecular complexity index is 688. The first-order valence-electron chi connectivity index (χ1n) is 5.27. The van der Waals surface area contributed by atoms with E-state index in [0.29, 0.717) is 5.69 Å². The fourth-order valence-corrected chi connectivity index (χ4v) is 1.96. The first-order chi connectivity index (χ1) is 8.25. The summed E-state index contributed by atoms with van der Waals surface area (Å²) in [5, 5.41) is 17.6. The van der Waals surface area contributed by atoms with Gasteiger partial charge in [-0.05, 0) is 24.3 Å². The van der Waals surface area contributed by atoms with Crippen LogP contribution in [0, 0.1) is 0 Å². The maximum Gasteiger partial charge on any atom is 0.116 e. The number of rotatable bonds is 1.